The normalized spacial score (nSPS) is 12.5. The number of carbonyl (C=O) groups excluding carboxylic acids is 1. The minimum absolute atomic E-state index is 0.117. The van der Waals surface area contributed by atoms with Crippen LogP contribution in [0, 0.1) is 6.92 Å². The van der Waals surface area contributed by atoms with Crippen LogP contribution in [0.4, 0.5) is 0 Å². The van der Waals surface area contributed by atoms with Crippen molar-refractivity contribution in [1.82, 2.24) is 5.32 Å². The molecule has 3 nitrogen and oxygen atoms in total. The van der Waals surface area contributed by atoms with Gasteiger partial charge in [-0.15, -0.1) is 11.3 Å². The third kappa shape index (κ3) is 3.88. The van der Waals surface area contributed by atoms with Crippen molar-refractivity contribution < 1.29 is 9.90 Å². The van der Waals surface area contributed by atoms with Crippen molar-refractivity contribution in [3.63, 3.8) is 0 Å². The van der Waals surface area contributed by atoms with E-state index in [-0.39, 0.29) is 5.91 Å². The minimum atomic E-state index is -0.446. The molecule has 0 bridgehead atoms. The number of rotatable bonds is 5. The number of hydrogen-bond donors (Lipinski definition) is 2. The fourth-order valence-electron chi connectivity index (χ4n) is 1.30. The lowest BCUT2D eigenvalue weighted by Crippen LogP contribution is -2.31. The molecule has 90 valence electrons. The highest BCUT2D eigenvalue weighted by Crippen LogP contribution is 2.27. The van der Waals surface area contributed by atoms with Crippen molar-refractivity contribution >= 4 is 33.2 Å². The van der Waals surface area contributed by atoms with Gasteiger partial charge in [0, 0.05) is 6.54 Å². The average Bonchev–Trinajstić information content (AvgIpc) is 2.56. The monoisotopic (exact) mass is 305 g/mol. The molecule has 0 aliphatic rings. The highest BCUT2D eigenvalue weighted by atomic mass is 79.9. The standard InChI is InChI=1S/C11H16BrNO2S/c1-3-4-8(14)6-13-11(15)9-5-7(2)10(12)16-9/h5,8,14H,3-4,6H2,1-2H3,(H,13,15). The van der Waals surface area contributed by atoms with E-state index in [0.29, 0.717) is 17.8 Å². The molecule has 0 saturated heterocycles. The number of hydrogen-bond acceptors (Lipinski definition) is 3. The van der Waals surface area contributed by atoms with Gasteiger partial charge in [-0.05, 0) is 40.9 Å². The maximum Gasteiger partial charge on any atom is 0.261 e. The van der Waals surface area contributed by atoms with E-state index in [4.69, 9.17) is 0 Å². The minimum Gasteiger partial charge on any atom is -0.391 e. The van der Waals surface area contributed by atoms with Crippen LogP contribution in [0.2, 0.25) is 0 Å². The van der Waals surface area contributed by atoms with Gasteiger partial charge in [0.05, 0.1) is 14.8 Å². The van der Waals surface area contributed by atoms with E-state index in [2.05, 4.69) is 21.2 Å². The van der Waals surface area contributed by atoms with Crippen LogP contribution < -0.4 is 5.32 Å². The summed E-state index contributed by atoms with van der Waals surface area (Å²) in [5, 5.41) is 12.2. The molecule has 16 heavy (non-hydrogen) atoms. The lowest BCUT2D eigenvalue weighted by Gasteiger charge is -2.09. The second-order valence-electron chi connectivity index (χ2n) is 3.72. The second-order valence-corrected chi connectivity index (χ2v) is 6.09. The molecule has 0 aliphatic carbocycles. The number of thiophene rings is 1. The van der Waals surface area contributed by atoms with E-state index in [0.717, 1.165) is 15.8 Å². The molecule has 1 aromatic rings. The number of aryl methyl sites for hydroxylation is 1. The Morgan fingerprint density at radius 3 is 2.88 bits per heavy atom. The Morgan fingerprint density at radius 1 is 1.69 bits per heavy atom. The Bertz CT molecular complexity index is 345. The SMILES string of the molecule is CCCC(O)CNC(=O)c1cc(C)c(Br)s1. The van der Waals surface area contributed by atoms with Gasteiger partial charge in [0.2, 0.25) is 0 Å². The Kier molecular flexibility index (Phi) is 5.44. The Labute approximate surface area is 108 Å². The first-order chi connectivity index (χ1) is 7.54. The summed E-state index contributed by atoms with van der Waals surface area (Å²) in [6.07, 6.45) is 1.19. The van der Waals surface area contributed by atoms with Crippen LogP contribution in [0.5, 0.6) is 0 Å². The molecule has 1 unspecified atom stereocenters. The molecule has 0 aromatic carbocycles. The van der Waals surface area contributed by atoms with Crippen LogP contribution in [0.3, 0.4) is 0 Å². The first kappa shape index (κ1) is 13.7. The van der Waals surface area contributed by atoms with Crippen molar-refractivity contribution in [3.05, 3.63) is 20.3 Å². The number of carbonyl (C=O) groups is 1. The molecular weight excluding hydrogens is 290 g/mol. The lowest BCUT2D eigenvalue weighted by atomic mass is 10.2. The summed E-state index contributed by atoms with van der Waals surface area (Å²) in [7, 11) is 0. The van der Waals surface area contributed by atoms with Crippen LogP contribution in [0.15, 0.2) is 9.85 Å². The third-order valence-electron chi connectivity index (χ3n) is 2.20. The van der Waals surface area contributed by atoms with Gasteiger partial charge in [-0.1, -0.05) is 13.3 Å². The van der Waals surface area contributed by atoms with E-state index in [9.17, 15) is 9.90 Å². The number of aliphatic hydroxyl groups is 1. The van der Waals surface area contributed by atoms with Gasteiger partial charge in [-0.2, -0.15) is 0 Å². The Hall–Kier alpha value is -0.390. The highest BCUT2D eigenvalue weighted by Gasteiger charge is 2.12. The summed E-state index contributed by atoms with van der Waals surface area (Å²) in [5.74, 6) is -0.117. The van der Waals surface area contributed by atoms with Gasteiger partial charge in [0.1, 0.15) is 0 Å². The summed E-state index contributed by atoms with van der Waals surface area (Å²) in [6, 6.07) is 1.84. The van der Waals surface area contributed by atoms with Gasteiger partial charge in [-0.3, -0.25) is 4.79 Å². The van der Waals surface area contributed by atoms with Crippen LogP contribution in [-0.4, -0.2) is 23.7 Å². The van der Waals surface area contributed by atoms with Gasteiger partial charge in [0.25, 0.3) is 5.91 Å². The number of nitrogens with one attached hydrogen (secondary N) is 1. The molecule has 5 heteroatoms. The number of halogens is 1. The van der Waals surface area contributed by atoms with Gasteiger partial charge in [0.15, 0.2) is 0 Å². The largest absolute Gasteiger partial charge is 0.391 e. The van der Waals surface area contributed by atoms with Crippen LogP contribution in [-0.2, 0) is 0 Å². The maximum atomic E-state index is 11.7. The number of aliphatic hydroxyl groups excluding tert-OH is 1. The summed E-state index contributed by atoms with van der Waals surface area (Å²) < 4.78 is 0.978. The van der Waals surface area contributed by atoms with Crippen LogP contribution in [0.25, 0.3) is 0 Å². The lowest BCUT2D eigenvalue weighted by molar-refractivity contribution is 0.0914. The maximum absolute atomic E-state index is 11.7. The van der Waals surface area contributed by atoms with Crippen LogP contribution in [0.1, 0.15) is 35.0 Å². The Morgan fingerprint density at radius 2 is 2.38 bits per heavy atom. The summed E-state index contributed by atoms with van der Waals surface area (Å²) in [4.78, 5) is 12.4. The quantitative estimate of drug-likeness (QED) is 0.879. The van der Waals surface area contributed by atoms with Gasteiger partial charge >= 0.3 is 0 Å². The molecule has 2 N–H and O–H groups in total. The average molecular weight is 306 g/mol. The van der Waals surface area contributed by atoms with Gasteiger partial charge in [-0.25, -0.2) is 0 Å². The third-order valence-corrected chi connectivity index (χ3v) is 4.34. The van der Waals surface area contributed by atoms with Gasteiger partial charge < -0.3 is 10.4 Å². The molecule has 0 saturated carbocycles. The molecule has 1 rings (SSSR count). The molecule has 0 aliphatic heterocycles. The molecule has 1 atom stereocenters. The predicted molar refractivity (Wildman–Crippen MR) is 70.0 cm³/mol. The molecular formula is C11H16BrNO2S. The molecule has 0 spiro atoms. The van der Waals surface area contributed by atoms with Crippen molar-refractivity contribution in [2.75, 3.05) is 6.54 Å². The van der Waals surface area contributed by atoms with E-state index < -0.39 is 6.10 Å². The smallest absolute Gasteiger partial charge is 0.261 e. The van der Waals surface area contributed by atoms with E-state index in [1.807, 2.05) is 19.9 Å². The second kappa shape index (κ2) is 6.37. The summed E-state index contributed by atoms with van der Waals surface area (Å²) >= 11 is 4.79. The molecule has 1 amide bonds. The zero-order valence-corrected chi connectivity index (χ0v) is 11.8. The van der Waals surface area contributed by atoms with E-state index in [1.54, 1.807) is 0 Å². The molecule has 0 fully saturated rings. The fraction of sp³-hybridized carbons (Fsp3) is 0.545. The van der Waals surface area contributed by atoms with E-state index in [1.165, 1.54) is 11.3 Å². The first-order valence-electron chi connectivity index (χ1n) is 5.26. The Balaban J connectivity index is 2.46. The van der Waals surface area contributed by atoms with Crippen molar-refractivity contribution in [2.45, 2.75) is 32.8 Å². The fourth-order valence-corrected chi connectivity index (χ4v) is 2.76. The van der Waals surface area contributed by atoms with Crippen molar-refractivity contribution in [2.24, 2.45) is 0 Å². The molecule has 0 radical (unpaired) electrons. The summed E-state index contributed by atoms with van der Waals surface area (Å²) in [6.45, 7) is 4.27. The van der Waals surface area contributed by atoms with Crippen LogP contribution >= 0.6 is 27.3 Å². The van der Waals surface area contributed by atoms with Crippen molar-refractivity contribution in [3.8, 4) is 0 Å². The highest BCUT2D eigenvalue weighted by molar-refractivity contribution is 9.11. The zero-order valence-electron chi connectivity index (χ0n) is 9.42. The molecule has 1 aromatic heterocycles. The van der Waals surface area contributed by atoms with Crippen molar-refractivity contribution in [1.29, 1.82) is 0 Å². The zero-order chi connectivity index (χ0) is 12.1. The number of amides is 1. The topological polar surface area (TPSA) is 49.3 Å². The predicted octanol–water partition coefficient (Wildman–Crippen LogP) is 2.71. The first-order valence-corrected chi connectivity index (χ1v) is 6.87. The summed E-state index contributed by atoms with van der Waals surface area (Å²) in [5.41, 5.74) is 1.06. The van der Waals surface area contributed by atoms with E-state index >= 15 is 0 Å². The molecule has 1 heterocycles.